The summed E-state index contributed by atoms with van der Waals surface area (Å²) in [6, 6.07) is 7.28. The summed E-state index contributed by atoms with van der Waals surface area (Å²) in [5.41, 5.74) is 6.44. The first-order valence-electron chi connectivity index (χ1n) is 7.07. The van der Waals surface area contributed by atoms with E-state index in [-0.39, 0.29) is 11.9 Å². The monoisotopic (exact) mass is 308 g/mol. The number of guanidine groups is 1. The molecular formula is C15H24N4O3. The van der Waals surface area contributed by atoms with Crippen LogP contribution >= 0.6 is 0 Å². The van der Waals surface area contributed by atoms with Crippen molar-refractivity contribution in [2.75, 3.05) is 32.2 Å². The van der Waals surface area contributed by atoms with E-state index in [0.29, 0.717) is 37.2 Å². The molecule has 0 bridgehead atoms. The molecule has 0 aliphatic carbocycles. The number of nitrogens with one attached hydrogen (secondary N) is 2. The summed E-state index contributed by atoms with van der Waals surface area (Å²) in [6.45, 7) is 4.80. The molecule has 1 amide bonds. The van der Waals surface area contributed by atoms with Crippen molar-refractivity contribution in [3.63, 3.8) is 0 Å². The fraction of sp³-hybridized carbons (Fsp3) is 0.467. The number of nitrogens with two attached hydrogens (primary N) is 1. The van der Waals surface area contributed by atoms with Gasteiger partial charge in [-0.05, 0) is 19.1 Å². The number of nitrogens with zero attached hydrogens (tertiary/aromatic N) is 1. The summed E-state index contributed by atoms with van der Waals surface area (Å²) in [7, 11) is 1.63. The number of anilines is 1. The summed E-state index contributed by atoms with van der Waals surface area (Å²) in [6.07, 6.45) is 0. The first-order chi connectivity index (χ1) is 10.5. The SMILES string of the molecule is COCC(C)NC(N)=NCCOc1cccc(NC(C)=O)c1. The van der Waals surface area contributed by atoms with Gasteiger partial charge in [0.05, 0.1) is 13.2 Å². The Morgan fingerprint density at radius 1 is 1.45 bits per heavy atom. The van der Waals surface area contributed by atoms with E-state index in [4.69, 9.17) is 15.2 Å². The van der Waals surface area contributed by atoms with Gasteiger partial charge in [0.15, 0.2) is 5.96 Å². The topological polar surface area (TPSA) is 98.0 Å². The Labute approximate surface area is 130 Å². The van der Waals surface area contributed by atoms with Gasteiger partial charge in [0.25, 0.3) is 0 Å². The van der Waals surface area contributed by atoms with Gasteiger partial charge in [-0.25, -0.2) is 4.99 Å². The third-order valence-corrected chi connectivity index (χ3v) is 2.61. The number of carbonyl (C=O) groups is 1. The highest BCUT2D eigenvalue weighted by molar-refractivity contribution is 5.88. The Balaban J connectivity index is 2.36. The molecule has 0 aliphatic rings. The van der Waals surface area contributed by atoms with Crippen molar-refractivity contribution in [2.24, 2.45) is 10.7 Å². The van der Waals surface area contributed by atoms with Gasteiger partial charge >= 0.3 is 0 Å². The minimum absolute atomic E-state index is 0.101. The molecule has 0 saturated heterocycles. The molecule has 1 aromatic carbocycles. The Morgan fingerprint density at radius 2 is 2.23 bits per heavy atom. The van der Waals surface area contributed by atoms with Crippen LogP contribution in [-0.4, -0.2) is 44.8 Å². The molecule has 1 unspecified atom stereocenters. The van der Waals surface area contributed by atoms with Crippen LogP contribution in [0.15, 0.2) is 29.3 Å². The highest BCUT2D eigenvalue weighted by Gasteiger charge is 2.01. The van der Waals surface area contributed by atoms with Crippen molar-refractivity contribution in [1.82, 2.24) is 5.32 Å². The summed E-state index contributed by atoms with van der Waals surface area (Å²) < 4.78 is 10.6. The van der Waals surface area contributed by atoms with Gasteiger partial charge in [0.2, 0.25) is 5.91 Å². The Bertz CT molecular complexity index is 505. The predicted molar refractivity (Wildman–Crippen MR) is 87.2 cm³/mol. The molecule has 122 valence electrons. The van der Waals surface area contributed by atoms with Gasteiger partial charge < -0.3 is 25.8 Å². The maximum atomic E-state index is 11.0. The first kappa shape index (κ1) is 17.8. The highest BCUT2D eigenvalue weighted by Crippen LogP contribution is 2.17. The lowest BCUT2D eigenvalue weighted by Crippen LogP contribution is -2.40. The summed E-state index contributed by atoms with van der Waals surface area (Å²) in [5.74, 6) is 0.909. The van der Waals surface area contributed by atoms with Crippen LogP contribution in [0.1, 0.15) is 13.8 Å². The van der Waals surface area contributed by atoms with Gasteiger partial charge in [0.1, 0.15) is 12.4 Å². The Kier molecular flexibility index (Phi) is 7.77. The number of hydrogen-bond donors (Lipinski definition) is 3. The number of aliphatic imine (C=N–C) groups is 1. The second-order valence-electron chi connectivity index (χ2n) is 4.83. The number of carbonyl (C=O) groups excluding carboxylic acids is 1. The summed E-state index contributed by atoms with van der Waals surface area (Å²) >= 11 is 0. The van der Waals surface area contributed by atoms with E-state index in [0.717, 1.165) is 0 Å². The average molecular weight is 308 g/mol. The Morgan fingerprint density at radius 3 is 2.91 bits per heavy atom. The van der Waals surface area contributed by atoms with Crippen molar-refractivity contribution in [3.05, 3.63) is 24.3 Å². The van der Waals surface area contributed by atoms with Crippen LogP contribution in [0.4, 0.5) is 5.69 Å². The zero-order valence-corrected chi connectivity index (χ0v) is 13.3. The van der Waals surface area contributed by atoms with Gasteiger partial charge in [-0.3, -0.25) is 4.79 Å². The first-order valence-corrected chi connectivity index (χ1v) is 7.07. The fourth-order valence-electron chi connectivity index (χ4n) is 1.79. The molecule has 0 heterocycles. The number of methoxy groups -OCH3 is 1. The zero-order valence-electron chi connectivity index (χ0n) is 13.3. The third-order valence-electron chi connectivity index (χ3n) is 2.61. The van der Waals surface area contributed by atoms with Gasteiger partial charge in [-0.15, -0.1) is 0 Å². The molecule has 0 radical (unpaired) electrons. The van der Waals surface area contributed by atoms with Crippen LogP contribution < -0.4 is 21.1 Å². The smallest absolute Gasteiger partial charge is 0.221 e. The predicted octanol–water partition coefficient (Wildman–Crippen LogP) is 0.963. The normalized spacial score (nSPS) is 12.6. The van der Waals surface area contributed by atoms with Gasteiger partial charge in [-0.2, -0.15) is 0 Å². The second kappa shape index (κ2) is 9.62. The Hall–Kier alpha value is -2.28. The van der Waals surface area contributed by atoms with Crippen LogP contribution in [0, 0.1) is 0 Å². The van der Waals surface area contributed by atoms with Crippen molar-refractivity contribution < 1.29 is 14.3 Å². The van der Waals surface area contributed by atoms with E-state index in [9.17, 15) is 4.79 Å². The molecule has 0 aromatic heterocycles. The number of rotatable bonds is 8. The number of ether oxygens (including phenoxy) is 2. The van der Waals surface area contributed by atoms with Crippen molar-refractivity contribution in [1.29, 1.82) is 0 Å². The van der Waals surface area contributed by atoms with E-state index < -0.39 is 0 Å². The largest absolute Gasteiger partial charge is 0.492 e. The summed E-state index contributed by atoms with van der Waals surface area (Å²) in [5, 5.41) is 5.71. The van der Waals surface area contributed by atoms with Crippen LogP contribution in [0.3, 0.4) is 0 Å². The molecule has 0 spiro atoms. The number of benzene rings is 1. The van der Waals surface area contributed by atoms with E-state index >= 15 is 0 Å². The van der Waals surface area contributed by atoms with Crippen molar-refractivity contribution in [3.8, 4) is 5.75 Å². The minimum atomic E-state index is -0.120. The van der Waals surface area contributed by atoms with Crippen molar-refractivity contribution >= 4 is 17.6 Å². The summed E-state index contributed by atoms with van der Waals surface area (Å²) in [4.78, 5) is 15.2. The van der Waals surface area contributed by atoms with E-state index in [1.54, 1.807) is 19.2 Å². The lowest BCUT2D eigenvalue weighted by molar-refractivity contribution is -0.114. The third kappa shape index (κ3) is 7.49. The maximum Gasteiger partial charge on any atom is 0.221 e. The molecule has 4 N–H and O–H groups in total. The lowest BCUT2D eigenvalue weighted by atomic mass is 10.3. The number of amides is 1. The van der Waals surface area contributed by atoms with E-state index in [1.165, 1.54) is 6.92 Å². The molecule has 7 nitrogen and oxygen atoms in total. The molecule has 1 aromatic rings. The van der Waals surface area contributed by atoms with Crippen LogP contribution in [0.2, 0.25) is 0 Å². The molecular weight excluding hydrogens is 284 g/mol. The zero-order chi connectivity index (χ0) is 16.4. The van der Waals surface area contributed by atoms with E-state index in [2.05, 4.69) is 15.6 Å². The molecule has 1 atom stereocenters. The molecule has 0 fully saturated rings. The average Bonchev–Trinajstić information content (AvgIpc) is 2.43. The molecule has 7 heteroatoms. The van der Waals surface area contributed by atoms with E-state index in [1.807, 2.05) is 19.1 Å². The van der Waals surface area contributed by atoms with Crippen LogP contribution in [-0.2, 0) is 9.53 Å². The fourth-order valence-corrected chi connectivity index (χ4v) is 1.79. The van der Waals surface area contributed by atoms with Crippen LogP contribution in [0.25, 0.3) is 0 Å². The van der Waals surface area contributed by atoms with Crippen molar-refractivity contribution in [2.45, 2.75) is 19.9 Å². The number of hydrogen-bond acceptors (Lipinski definition) is 4. The quantitative estimate of drug-likeness (QED) is 0.377. The molecule has 1 rings (SSSR count). The minimum Gasteiger partial charge on any atom is -0.492 e. The molecule has 22 heavy (non-hydrogen) atoms. The van der Waals surface area contributed by atoms with Gasteiger partial charge in [0, 0.05) is 31.8 Å². The standard InChI is InChI=1S/C15H24N4O3/c1-11(10-21-3)18-15(16)17-7-8-22-14-6-4-5-13(9-14)19-12(2)20/h4-6,9,11H,7-8,10H2,1-3H3,(H,19,20)(H3,16,17,18). The van der Waals surface area contributed by atoms with Crippen LogP contribution in [0.5, 0.6) is 5.75 Å². The second-order valence-corrected chi connectivity index (χ2v) is 4.83. The maximum absolute atomic E-state index is 11.0. The molecule has 0 saturated carbocycles. The highest BCUT2D eigenvalue weighted by atomic mass is 16.5. The molecule has 0 aliphatic heterocycles. The lowest BCUT2D eigenvalue weighted by Gasteiger charge is -2.13. The van der Waals surface area contributed by atoms with Gasteiger partial charge in [-0.1, -0.05) is 6.07 Å².